The summed E-state index contributed by atoms with van der Waals surface area (Å²) in [7, 11) is 0. The first-order valence-electron chi connectivity index (χ1n) is 11.2. The van der Waals surface area contributed by atoms with Crippen molar-refractivity contribution >= 4 is 29.5 Å². The molecule has 2 heterocycles. The topological polar surface area (TPSA) is 75.7 Å². The number of hydrogen-bond acceptors (Lipinski definition) is 5. The van der Waals surface area contributed by atoms with Crippen molar-refractivity contribution in [3.63, 3.8) is 0 Å². The van der Waals surface area contributed by atoms with Crippen molar-refractivity contribution in [3.05, 3.63) is 21.6 Å². The van der Waals surface area contributed by atoms with E-state index in [-0.39, 0.29) is 18.2 Å². The Morgan fingerprint density at radius 3 is 2.55 bits per heavy atom. The average molecular weight is 491 g/mol. The molecule has 2 aliphatic rings. The average Bonchev–Trinajstić information content (AvgIpc) is 3.15. The van der Waals surface area contributed by atoms with Crippen LogP contribution >= 0.6 is 11.8 Å². The molecule has 2 unspecified atom stereocenters. The number of amides is 2. The molecule has 0 saturated carbocycles. The van der Waals surface area contributed by atoms with E-state index in [4.69, 9.17) is 4.74 Å². The fraction of sp³-hybridized carbons (Fsp3) is 0.696. The molecule has 0 aromatic rings. The Bertz CT molecular complexity index is 831. The van der Waals surface area contributed by atoms with Gasteiger partial charge in [0, 0.05) is 19.0 Å². The van der Waals surface area contributed by atoms with Gasteiger partial charge in [-0.05, 0) is 70.9 Å². The number of carbonyl (C=O) groups is 3. The zero-order chi connectivity index (χ0) is 25.0. The maximum atomic E-state index is 13.1. The molecule has 1 N–H and O–H groups in total. The van der Waals surface area contributed by atoms with E-state index in [2.05, 4.69) is 5.32 Å². The minimum absolute atomic E-state index is 0.0998. The van der Waals surface area contributed by atoms with Crippen LogP contribution in [0.1, 0.15) is 66.7 Å². The van der Waals surface area contributed by atoms with Crippen LogP contribution in [0.25, 0.3) is 0 Å². The smallest absolute Gasteiger partial charge is 0.444 e. The van der Waals surface area contributed by atoms with Crippen molar-refractivity contribution in [3.8, 4) is 0 Å². The quantitative estimate of drug-likeness (QED) is 0.506. The first-order chi connectivity index (χ1) is 15.2. The number of ether oxygens (including phenoxy) is 1. The van der Waals surface area contributed by atoms with Gasteiger partial charge in [0.15, 0.2) is 0 Å². The highest BCUT2D eigenvalue weighted by atomic mass is 32.2. The molecule has 2 aliphatic heterocycles. The van der Waals surface area contributed by atoms with E-state index >= 15 is 0 Å². The number of hydrogen-bond donors (Lipinski definition) is 1. The third-order valence-corrected chi connectivity index (χ3v) is 6.78. The standard InChI is InChI=1S/C23H33F3N2O4S/c1-14-9-10-17(27-21(31)32-22(3,4)5)33-18(14)20(30)28-12-11-16(13-28)8-6-7-15(2)19(29)23(24,25)26/h10,15-16H,6-9,11-13H2,1-5H3,(H,27,31). The summed E-state index contributed by atoms with van der Waals surface area (Å²) in [6.07, 6.45) is -0.818. The predicted molar refractivity (Wildman–Crippen MR) is 121 cm³/mol. The monoisotopic (exact) mass is 490 g/mol. The lowest BCUT2D eigenvalue weighted by atomic mass is 9.94. The van der Waals surface area contributed by atoms with Gasteiger partial charge in [0.1, 0.15) is 5.60 Å². The lowest BCUT2D eigenvalue weighted by Gasteiger charge is -2.24. The lowest BCUT2D eigenvalue weighted by molar-refractivity contribution is -0.175. The van der Waals surface area contributed by atoms with Crippen LogP contribution in [0, 0.1) is 11.8 Å². The molecule has 186 valence electrons. The number of nitrogens with one attached hydrogen (secondary N) is 1. The fourth-order valence-corrected chi connectivity index (χ4v) is 4.80. The minimum Gasteiger partial charge on any atom is -0.444 e. The Labute approximate surface area is 197 Å². The molecule has 2 rings (SSSR count). The summed E-state index contributed by atoms with van der Waals surface area (Å²) >= 11 is 1.21. The predicted octanol–water partition coefficient (Wildman–Crippen LogP) is 5.55. The first kappa shape index (κ1) is 27.3. The second-order valence-electron chi connectivity index (χ2n) is 9.71. The van der Waals surface area contributed by atoms with Crippen molar-refractivity contribution in [2.45, 2.75) is 78.5 Å². The number of Topliss-reactive ketones (excluding diaryl/α,β-unsaturated/α-hetero) is 1. The SMILES string of the molecule is CC1=C(C(=O)N2CCC(CCCC(C)C(=O)C(F)(F)F)C2)SC(NC(=O)OC(C)(C)C)=CC1. The van der Waals surface area contributed by atoms with E-state index in [0.717, 1.165) is 12.0 Å². The zero-order valence-corrected chi connectivity index (χ0v) is 20.6. The highest BCUT2D eigenvalue weighted by Gasteiger charge is 2.41. The van der Waals surface area contributed by atoms with Gasteiger partial charge in [0.25, 0.3) is 5.91 Å². The van der Waals surface area contributed by atoms with Crippen LogP contribution in [-0.4, -0.2) is 47.6 Å². The van der Waals surface area contributed by atoms with Crippen LogP contribution < -0.4 is 5.32 Å². The molecular weight excluding hydrogens is 457 g/mol. The number of carbonyl (C=O) groups excluding carboxylic acids is 3. The highest BCUT2D eigenvalue weighted by molar-refractivity contribution is 8.07. The maximum absolute atomic E-state index is 13.1. The molecular formula is C23H33F3N2O4S. The number of allylic oxidation sites excluding steroid dienone is 2. The van der Waals surface area contributed by atoms with Gasteiger partial charge in [-0.3, -0.25) is 14.9 Å². The molecule has 6 nitrogen and oxygen atoms in total. The molecule has 0 aromatic carbocycles. The Morgan fingerprint density at radius 1 is 1.27 bits per heavy atom. The van der Waals surface area contributed by atoms with Crippen LogP contribution in [0.4, 0.5) is 18.0 Å². The number of thioether (sulfide) groups is 1. The zero-order valence-electron chi connectivity index (χ0n) is 19.8. The van der Waals surface area contributed by atoms with Gasteiger partial charge < -0.3 is 9.64 Å². The Morgan fingerprint density at radius 2 is 1.94 bits per heavy atom. The molecule has 0 bridgehead atoms. The van der Waals surface area contributed by atoms with Crippen molar-refractivity contribution in [2.24, 2.45) is 11.8 Å². The van der Waals surface area contributed by atoms with Gasteiger partial charge in [0.05, 0.1) is 9.93 Å². The second kappa shape index (κ2) is 11.0. The Hall–Kier alpha value is -1.97. The molecule has 33 heavy (non-hydrogen) atoms. The van der Waals surface area contributed by atoms with Gasteiger partial charge in [-0.2, -0.15) is 13.2 Å². The fourth-order valence-electron chi connectivity index (χ4n) is 3.80. The second-order valence-corrected chi connectivity index (χ2v) is 10.8. The van der Waals surface area contributed by atoms with Gasteiger partial charge >= 0.3 is 12.3 Å². The van der Waals surface area contributed by atoms with Crippen molar-refractivity contribution in [1.82, 2.24) is 10.2 Å². The normalized spacial score (nSPS) is 20.4. The maximum Gasteiger partial charge on any atom is 0.450 e. The number of alkyl carbamates (subject to hydrolysis) is 1. The molecule has 0 aromatic heterocycles. The lowest BCUT2D eigenvalue weighted by Crippen LogP contribution is -2.33. The van der Waals surface area contributed by atoms with E-state index in [1.165, 1.54) is 18.7 Å². The third kappa shape index (κ3) is 8.39. The van der Waals surface area contributed by atoms with E-state index in [0.29, 0.717) is 42.3 Å². The number of ketones is 1. The van der Waals surface area contributed by atoms with Crippen molar-refractivity contribution in [2.75, 3.05) is 13.1 Å². The molecule has 0 spiro atoms. The molecule has 2 amide bonds. The van der Waals surface area contributed by atoms with Crippen LogP contribution in [-0.2, 0) is 14.3 Å². The number of alkyl halides is 3. The first-order valence-corrected chi connectivity index (χ1v) is 12.0. The Balaban J connectivity index is 1.84. The Kier molecular flexibility index (Phi) is 9.07. The summed E-state index contributed by atoms with van der Waals surface area (Å²) in [6, 6.07) is 0. The largest absolute Gasteiger partial charge is 0.450 e. The van der Waals surface area contributed by atoms with E-state index < -0.39 is 29.6 Å². The van der Waals surface area contributed by atoms with Crippen LogP contribution in [0.2, 0.25) is 0 Å². The van der Waals surface area contributed by atoms with Gasteiger partial charge in [-0.15, -0.1) is 0 Å². The molecule has 10 heteroatoms. The summed E-state index contributed by atoms with van der Waals surface area (Å²) in [5.41, 5.74) is 0.291. The van der Waals surface area contributed by atoms with E-state index in [1.807, 2.05) is 13.0 Å². The van der Waals surface area contributed by atoms with Gasteiger partial charge in [-0.1, -0.05) is 25.1 Å². The summed E-state index contributed by atoms with van der Waals surface area (Å²) in [6.45, 7) is 9.62. The number of likely N-dealkylation sites (tertiary alicyclic amines) is 1. The molecule has 0 radical (unpaired) electrons. The van der Waals surface area contributed by atoms with E-state index in [1.54, 1.807) is 25.7 Å². The molecule has 2 atom stereocenters. The van der Waals surface area contributed by atoms with Gasteiger partial charge in [-0.25, -0.2) is 4.79 Å². The van der Waals surface area contributed by atoms with Gasteiger partial charge in [0.2, 0.25) is 5.78 Å². The number of nitrogens with zero attached hydrogens (tertiary/aromatic N) is 1. The summed E-state index contributed by atoms with van der Waals surface area (Å²) in [5.74, 6) is -2.62. The summed E-state index contributed by atoms with van der Waals surface area (Å²) < 4.78 is 42.8. The summed E-state index contributed by atoms with van der Waals surface area (Å²) in [4.78, 5) is 38.8. The number of halogens is 3. The minimum atomic E-state index is -4.79. The van der Waals surface area contributed by atoms with Crippen LogP contribution in [0.5, 0.6) is 0 Å². The van der Waals surface area contributed by atoms with Crippen molar-refractivity contribution in [1.29, 1.82) is 0 Å². The third-order valence-electron chi connectivity index (χ3n) is 5.56. The summed E-state index contributed by atoms with van der Waals surface area (Å²) in [5, 5.41) is 3.24. The molecule has 0 aliphatic carbocycles. The van der Waals surface area contributed by atoms with Crippen LogP contribution in [0.3, 0.4) is 0 Å². The molecule has 1 saturated heterocycles. The van der Waals surface area contributed by atoms with Crippen molar-refractivity contribution < 1.29 is 32.3 Å². The molecule has 1 fully saturated rings. The van der Waals surface area contributed by atoms with Crippen LogP contribution in [0.15, 0.2) is 21.6 Å². The van der Waals surface area contributed by atoms with E-state index in [9.17, 15) is 27.6 Å². The highest BCUT2D eigenvalue weighted by Crippen LogP contribution is 2.36. The number of rotatable bonds is 7.